The number of pyridine rings is 1. The lowest BCUT2D eigenvalue weighted by Crippen LogP contribution is -2.19. The predicted octanol–water partition coefficient (Wildman–Crippen LogP) is 3.48. The minimum atomic E-state index is -0.157. The van der Waals surface area contributed by atoms with Gasteiger partial charge in [0.15, 0.2) is 6.39 Å². The average Bonchev–Trinajstić information content (AvgIpc) is 3.22. The van der Waals surface area contributed by atoms with E-state index in [1.165, 1.54) is 30.5 Å². The van der Waals surface area contributed by atoms with Crippen molar-refractivity contribution in [2.24, 2.45) is 0 Å². The van der Waals surface area contributed by atoms with Crippen LogP contribution in [-0.4, -0.2) is 30.6 Å². The fraction of sp³-hybridized carbons (Fsp3) is 0.500. The largest absolute Gasteiger partial charge is 0.451 e. The molecular formula is C18H22N6O. The maximum atomic E-state index is 5.29. The molecule has 0 amide bonds. The van der Waals surface area contributed by atoms with E-state index in [4.69, 9.17) is 9.40 Å². The second-order valence-electron chi connectivity index (χ2n) is 7.56. The Morgan fingerprint density at radius 3 is 2.60 bits per heavy atom. The third-order valence-electron chi connectivity index (χ3n) is 4.69. The molecule has 0 saturated carbocycles. The lowest BCUT2D eigenvalue weighted by molar-refractivity contribution is 0.558. The maximum Gasteiger partial charge on any atom is 0.207 e. The molecule has 0 unspecified atom stereocenters. The molecular weight excluding hydrogens is 316 g/mol. The molecule has 0 aliphatic heterocycles. The van der Waals surface area contributed by atoms with Crippen LogP contribution in [-0.2, 0) is 18.3 Å². The molecule has 0 atom stereocenters. The van der Waals surface area contributed by atoms with E-state index < -0.39 is 0 Å². The number of hydrogen-bond donors (Lipinski definition) is 1. The van der Waals surface area contributed by atoms with Gasteiger partial charge in [-0.05, 0) is 36.5 Å². The van der Waals surface area contributed by atoms with E-state index >= 15 is 0 Å². The lowest BCUT2D eigenvalue weighted by Gasteiger charge is -2.25. The number of aryl methyl sites for hydroxylation is 1. The fourth-order valence-corrected chi connectivity index (χ4v) is 3.57. The van der Waals surface area contributed by atoms with Crippen molar-refractivity contribution in [3.63, 3.8) is 0 Å². The monoisotopic (exact) mass is 338 g/mol. The summed E-state index contributed by atoms with van der Waals surface area (Å²) in [6, 6.07) is 0. The first-order valence-electron chi connectivity index (χ1n) is 8.74. The molecule has 7 heteroatoms. The van der Waals surface area contributed by atoms with Crippen molar-refractivity contribution >= 4 is 0 Å². The van der Waals surface area contributed by atoms with Crippen molar-refractivity contribution in [1.29, 1.82) is 0 Å². The van der Waals surface area contributed by atoms with E-state index in [9.17, 15) is 0 Å². The summed E-state index contributed by atoms with van der Waals surface area (Å²) in [5.41, 5.74) is 6.02. The van der Waals surface area contributed by atoms with Crippen LogP contribution in [0.3, 0.4) is 0 Å². The van der Waals surface area contributed by atoms with E-state index in [0.29, 0.717) is 5.82 Å². The van der Waals surface area contributed by atoms with Crippen molar-refractivity contribution in [2.75, 3.05) is 0 Å². The average molecular weight is 338 g/mol. The van der Waals surface area contributed by atoms with Crippen LogP contribution in [0.4, 0.5) is 0 Å². The van der Waals surface area contributed by atoms with Crippen molar-refractivity contribution in [2.45, 2.75) is 58.3 Å². The number of fused-ring (bicyclic) bond motifs is 1. The van der Waals surface area contributed by atoms with Gasteiger partial charge in [-0.2, -0.15) is 5.21 Å². The van der Waals surface area contributed by atoms with E-state index in [0.717, 1.165) is 41.8 Å². The first-order valence-corrected chi connectivity index (χ1v) is 8.74. The molecule has 7 nitrogen and oxygen atoms in total. The van der Waals surface area contributed by atoms with Crippen molar-refractivity contribution < 1.29 is 4.42 Å². The Hall–Kier alpha value is -2.57. The van der Waals surface area contributed by atoms with Crippen molar-refractivity contribution in [1.82, 2.24) is 30.6 Å². The second kappa shape index (κ2) is 6.06. The van der Waals surface area contributed by atoms with Crippen LogP contribution in [0.15, 0.2) is 17.1 Å². The predicted molar refractivity (Wildman–Crippen MR) is 92.9 cm³/mol. The van der Waals surface area contributed by atoms with Gasteiger partial charge in [0.2, 0.25) is 5.82 Å². The Morgan fingerprint density at radius 1 is 1.08 bits per heavy atom. The highest BCUT2D eigenvalue weighted by atomic mass is 16.3. The van der Waals surface area contributed by atoms with Gasteiger partial charge in [0.1, 0.15) is 12.0 Å². The van der Waals surface area contributed by atoms with Crippen LogP contribution in [0.5, 0.6) is 0 Å². The van der Waals surface area contributed by atoms with E-state index in [-0.39, 0.29) is 5.41 Å². The number of hydrogen-bond acceptors (Lipinski definition) is 6. The zero-order valence-electron chi connectivity index (χ0n) is 14.8. The maximum absolute atomic E-state index is 5.29. The number of H-pyrrole nitrogens is 1. The summed E-state index contributed by atoms with van der Waals surface area (Å²) < 4.78 is 5.29. The summed E-state index contributed by atoms with van der Waals surface area (Å²) in [5, 5.41) is 14.9. The van der Waals surface area contributed by atoms with Crippen molar-refractivity contribution in [3.05, 3.63) is 29.6 Å². The molecule has 0 bridgehead atoms. The molecule has 0 spiro atoms. The van der Waals surface area contributed by atoms with Crippen LogP contribution >= 0.6 is 0 Å². The highest BCUT2D eigenvalue weighted by Gasteiger charge is 2.31. The molecule has 0 radical (unpaired) electrons. The van der Waals surface area contributed by atoms with E-state index in [2.05, 4.69) is 46.4 Å². The third-order valence-corrected chi connectivity index (χ3v) is 4.69. The quantitative estimate of drug-likeness (QED) is 0.719. The molecule has 0 aromatic carbocycles. The zero-order valence-corrected chi connectivity index (χ0v) is 14.8. The summed E-state index contributed by atoms with van der Waals surface area (Å²) in [6.07, 6.45) is 8.68. The summed E-state index contributed by atoms with van der Waals surface area (Å²) in [6.45, 7) is 6.48. The lowest BCUT2D eigenvalue weighted by atomic mass is 9.83. The Kier molecular flexibility index (Phi) is 3.86. The Bertz CT molecular complexity index is 862. The number of nitrogens with zero attached hydrogens (tertiary/aromatic N) is 5. The van der Waals surface area contributed by atoms with Gasteiger partial charge >= 0.3 is 0 Å². The molecule has 25 heavy (non-hydrogen) atoms. The topological polar surface area (TPSA) is 93.4 Å². The van der Waals surface area contributed by atoms with Crippen LogP contribution in [0.2, 0.25) is 0 Å². The summed E-state index contributed by atoms with van der Waals surface area (Å²) in [4.78, 5) is 9.53. The van der Waals surface area contributed by atoms with Crippen LogP contribution in [0.1, 0.15) is 57.0 Å². The first kappa shape index (κ1) is 15.9. The van der Waals surface area contributed by atoms with Gasteiger partial charge in [0, 0.05) is 16.7 Å². The highest BCUT2D eigenvalue weighted by molar-refractivity contribution is 5.83. The molecule has 1 aliphatic rings. The van der Waals surface area contributed by atoms with Crippen LogP contribution in [0.25, 0.3) is 22.6 Å². The molecule has 1 N–H and O–H groups in total. The number of aromatic amines is 1. The molecule has 0 saturated heterocycles. The number of oxazole rings is 1. The zero-order chi connectivity index (χ0) is 17.4. The highest BCUT2D eigenvalue weighted by Crippen LogP contribution is 2.41. The number of rotatable bonds is 2. The van der Waals surface area contributed by atoms with Crippen LogP contribution < -0.4 is 0 Å². The SMILES string of the molecule is CC(C)(C)c1nc2c(c(-c3cocn3)c1-c1nn[nH]n1)CCCCC2. The Morgan fingerprint density at radius 2 is 1.92 bits per heavy atom. The molecule has 3 aromatic rings. The van der Waals surface area contributed by atoms with Gasteiger partial charge < -0.3 is 4.42 Å². The number of aromatic nitrogens is 6. The minimum absolute atomic E-state index is 0.157. The summed E-state index contributed by atoms with van der Waals surface area (Å²) >= 11 is 0. The van der Waals surface area contributed by atoms with Crippen molar-refractivity contribution in [3.8, 4) is 22.6 Å². The molecule has 0 fully saturated rings. The van der Waals surface area contributed by atoms with E-state index in [1.54, 1.807) is 6.26 Å². The van der Waals surface area contributed by atoms with E-state index in [1.807, 2.05) is 0 Å². The Balaban J connectivity index is 2.10. The minimum Gasteiger partial charge on any atom is -0.451 e. The van der Waals surface area contributed by atoms with Gasteiger partial charge in [0.05, 0.1) is 11.3 Å². The second-order valence-corrected chi connectivity index (χ2v) is 7.56. The number of nitrogens with one attached hydrogen (secondary N) is 1. The molecule has 1 aliphatic carbocycles. The smallest absolute Gasteiger partial charge is 0.207 e. The van der Waals surface area contributed by atoms with Crippen LogP contribution in [0, 0.1) is 0 Å². The summed E-state index contributed by atoms with van der Waals surface area (Å²) in [7, 11) is 0. The van der Waals surface area contributed by atoms with Gasteiger partial charge in [0.25, 0.3) is 0 Å². The molecule has 3 aromatic heterocycles. The summed E-state index contributed by atoms with van der Waals surface area (Å²) in [5.74, 6) is 0.558. The van der Waals surface area contributed by atoms with Gasteiger partial charge in [-0.1, -0.05) is 27.2 Å². The van der Waals surface area contributed by atoms with Gasteiger partial charge in [-0.15, -0.1) is 10.2 Å². The molecule has 4 rings (SSSR count). The van der Waals surface area contributed by atoms with Gasteiger partial charge in [-0.25, -0.2) is 4.98 Å². The third kappa shape index (κ3) is 2.83. The normalized spacial score (nSPS) is 15.0. The Labute approximate surface area is 146 Å². The number of tetrazole rings is 1. The standard InChI is InChI=1S/C18H22N6O/c1-18(2,3)16-15(17-21-23-24-22-17)14(13-9-25-10-19-13)11-7-5-4-6-8-12(11)20-16/h9-10H,4-8H2,1-3H3,(H,21,22,23,24). The fourth-order valence-electron chi connectivity index (χ4n) is 3.57. The van der Waals surface area contributed by atoms with Gasteiger partial charge in [-0.3, -0.25) is 4.98 Å². The molecule has 3 heterocycles. The molecule has 130 valence electrons. The first-order chi connectivity index (χ1) is 12.1.